The number of esters is 1. The molecule has 2 aromatic rings. The van der Waals surface area contributed by atoms with Crippen LogP contribution in [0.25, 0.3) is 0 Å². The fourth-order valence-corrected chi connectivity index (χ4v) is 10.1. The Bertz CT molecular complexity index is 1520. The van der Waals surface area contributed by atoms with Crippen molar-refractivity contribution in [1.82, 2.24) is 0 Å². The normalized spacial score (nSPS) is 33.8. The summed E-state index contributed by atoms with van der Waals surface area (Å²) in [4.78, 5) is 28.8. The number of rotatable bonds is 5. The molecule has 3 saturated heterocycles. The molecule has 2 bridgehead atoms. The van der Waals surface area contributed by atoms with Crippen molar-refractivity contribution in [1.29, 1.82) is 0 Å². The van der Waals surface area contributed by atoms with Crippen molar-refractivity contribution in [2.24, 2.45) is 5.92 Å². The summed E-state index contributed by atoms with van der Waals surface area (Å²) in [6.45, 7) is -0.324. The van der Waals surface area contributed by atoms with Crippen molar-refractivity contribution < 1.29 is 36.4 Å². The molecular formula is C27H23O8S2+. The number of fused-ring (bicyclic) bond motifs is 3. The number of hydrogen-bond donors (Lipinski definition) is 0. The Balaban J connectivity index is 1.06. The second kappa shape index (κ2) is 8.49. The van der Waals surface area contributed by atoms with Crippen LogP contribution in [0.2, 0.25) is 0 Å². The van der Waals surface area contributed by atoms with Gasteiger partial charge in [0, 0.05) is 0 Å². The molecule has 0 radical (unpaired) electrons. The molecule has 10 heteroatoms. The number of allylic oxidation sites excluding steroid dienone is 4. The summed E-state index contributed by atoms with van der Waals surface area (Å²) in [5.74, 6) is -0.237. The van der Waals surface area contributed by atoms with E-state index in [9.17, 15) is 18.0 Å². The van der Waals surface area contributed by atoms with E-state index in [0.717, 1.165) is 20.2 Å². The van der Waals surface area contributed by atoms with Gasteiger partial charge in [-0.3, -0.25) is 8.98 Å². The lowest BCUT2D eigenvalue weighted by molar-refractivity contribution is -0.157. The molecule has 4 aliphatic heterocycles. The molecule has 5 aliphatic rings. The Morgan fingerprint density at radius 3 is 2.70 bits per heavy atom. The van der Waals surface area contributed by atoms with Gasteiger partial charge >= 0.3 is 5.97 Å². The van der Waals surface area contributed by atoms with E-state index in [1.165, 1.54) is 0 Å². The van der Waals surface area contributed by atoms with E-state index in [1.807, 2.05) is 60.7 Å². The predicted molar refractivity (Wildman–Crippen MR) is 136 cm³/mol. The van der Waals surface area contributed by atoms with Gasteiger partial charge in [0.25, 0.3) is 10.1 Å². The first-order chi connectivity index (χ1) is 17.9. The van der Waals surface area contributed by atoms with E-state index in [0.29, 0.717) is 5.75 Å². The van der Waals surface area contributed by atoms with Gasteiger partial charge in [-0.1, -0.05) is 40.8 Å². The Kier molecular flexibility index (Phi) is 5.30. The van der Waals surface area contributed by atoms with Gasteiger partial charge in [-0.25, -0.2) is 4.79 Å². The van der Waals surface area contributed by atoms with Crippen LogP contribution in [0.4, 0.5) is 0 Å². The van der Waals surface area contributed by atoms with Gasteiger partial charge in [0.1, 0.15) is 43.8 Å². The van der Waals surface area contributed by atoms with Gasteiger partial charge in [-0.2, -0.15) is 8.42 Å². The van der Waals surface area contributed by atoms with Crippen molar-refractivity contribution in [3.05, 3.63) is 78.4 Å². The molecule has 37 heavy (non-hydrogen) atoms. The summed E-state index contributed by atoms with van der Waals surface area (Å²) in [7, 11) is -4.56. The number of carbonyl (C=O) groups excluding carboxylic acids is 2. The lowest BCUT2D eigenvalue weighted by Gasteiger charge is -2.23. The van der Waals surface area contributed by atoms with E-state index >= 15 is 0 Å². The van der Waals surface area contributed by atoms with Crippen molar-refractivity contribution in [3.63, 3.8) is 0 Å². The number of ketones is 1. The van der Waals surface area contributed by atoms with Crippen LogP contribution in [0.5, 0.6) is 5.75 Å². The molecule has 190 valence electrons. The van der Waals surface area contributed by atoms with E-state index < -0.39 is 56.2 Å². The number of benzene rings is 2. The average molecular weight is 540 g/mol. The molecule has 0 aromatic heterocycles. The van der Waals surface area contributed by atoms with Crippen LogP contribution in [-0.4, -0.2) is 61.3 Å². The molecule has 2 aromatic carbocycles. The summed E-state index contributed by atoms with van der Waals surface area (Å²) in [5.41, 5.74) is 0.764. The molecule has 0 saturated carbocycles. The maximum atomic E-state index is 13.1. The quantitative estimate of drug-likeness (QED) is 0.187. The summed E-state index contributed by atoms with van der Waals surface area (Å²) < 4.78 is 46.0. The zero-order chi connectivity index (χ0) is 25.3. The zero-order valence-corrected chi connectivity index (χ0v) is 21.1. The second-order valence-electron chi connectivity index (χ2n) is 9.57. The Hall–Kier alpha value is -3.05. The van der Waals surface area contributed by atoms with E-state index in [2.05, 4.69) is 0 Å². The first-order valence-electron chi connectivity index (χ1n) is 12.1. The Morgan fingerprint density at radius 1 is 1.05 bits per heavy atom. The summed E-state index contributed by atoms with van der Waals surface area (Å²) in [6, 6.07) is 15.3. The number of thiol groups is 1. The molecule has 0 spiro atoms. The van der Waals surface area contributed by atoms with Gasteiger partial charge in [0.2, 0.25) is 0 Å². The largest absolute Gasteiger partial charge is 0.482 e. The standard InChI is InChI=1S/C27H22O8S2/c28-23(34-25-19-13-22-26(33-19)27(25)35-37(22,30)31)14-32-15-9-11-16(12-10-15)36-20-7-3-1-5-17(20)24(29)18-6-2-4-8-21(18)36/h1-12,17,19,22,25-27H,13-14H2/p+1. The topological polar surface area (TPSA) is 105 Å². The summed E-state index contributed by atoms with van der Waals surface area (Å²) in [6.07, 6.45) is 5.58. The van der Waals surface area contributed by atoms with Gasteiger partial charge in [-0.05, 0) is 48.9 Å². The highest BCUT2D eigenvalue weighted by atomic mass is 32.2. The lowest BCUT2D eigenvalue weighted by Crippen LogP contribution is -2.42. The molecule has 7 atom stereocenters. The fraction of sp³-hybridized carbons (Fsp3) is 0.296. The molecule has 7 rings (SSSR count). The average Bonchev–Trinajstić information content (AvgIpc) is 3.53. The molecule has 8 nitrogen and oxygen atoms in total. The maximum Gasteiger partial charge on any atom is 0.344 e. The molecule has 4 heterocycles. The molecule has 3 fully saturated rings. The summed E-state index contributed by atoms with van der Waals surface area (Å²) in [5, 5.41) is -0.670. The van der Waals surface area contributed by atoms with Gasteiger partial charge < -0.3 is 14.2 Å². The Morgan fingerprint density at radius 2 is 1.86 bits per heavy atom. The van der Waals surface area contributed by atoms with Crippen molar-refractivity contribution in [2.45, 2.75) is 45.9 Å². The number of hydrogen-bond acceptors (Lipinski definition) is 8. The number of Topliss-reactive ketones (excluding diaryl/α,β-unsaturated/α-hetero) is 1. The third-order valence-electron chi connectivity index (χ3n) is 7.46. The van der Waals surface area contributed by atoms with Crippen LogP contribution in [0, 0.1) is 5.92 Å². The maximum absolute atomic E-state index is 13.1. The van der Waals surface area contributed by atoms with E-state index in [4.69, 9.17) is 18.4 Å². The third kappa shape index (κ3) is 3.65. The van der Waals surface area contributed by atoms with E-state index in [1.54, 1.807) is 12.1 Å². The predicted octanol–water partition coefficient (Wildman–Crippen LogP) is 2.12. The SMILES string of the molecule is O=C(COc1ccc([SH+]2=C3C=CC=CC3C(=O)c3ccccc32)cc1)OC1C2CC3C(O2)C1OS3(=O)=O. The lowest BCUT2D eigenvalue weighted by atomic mass is 9.91. The van der Waals surface area contributed by atoms with Gasteiger partial charge in [-0.15, -0.1) is 0 Å². The number of carbonyl (C=O) groups is 2. The van der Waals surface area contributed by atoms with Gasteiger partial charge in [0.05, 0.1) is 11.7 Å². The van der Waals surface area contributed by atoms with Crippen LogP contribution in [0.1, 0.15) is 16.8 Å². The van der Waals surface area contributed by atoms with Crippen molar-refractivity contribution in [3.8, 4) is 5.75 Å². The monoisotopic (exact) mass is 539 g/mol. The van der Waals surface area contributed by atoms with Crippen molar-refractivity contribution >= 4 is 37.2 Å². The Labute approximate surface area is 215 Å². The second-order valence-corrected chi connectivity index (χ2v) is 13.5. The number of ether oxygens (including phenoxy) is 3. The summed E-state index contributed by atoms with van der Waals surface area (Å²) >= 11 is 0. The molecule has 1 aliphatic carbocycles. The minimum Gasteiger partial charge on any atom is -0.482 e. The fourth-order valence-electron chi connectivity index (χ4n) is 5.83. The van der Waals surface area contributed by atoms with Crippen LogP contribution in [0.15, 0.2) is 82.6 Å². The van der Waals surface area contributed by atoms with Crippen molar-refractivity contribution in [2.75, 3.05) is 6.61 Å². The van der Waals surface area contributed by atoms with Crippen LogP contribution in [-0.2, 0) is 39.1 Å². The molecule has 0 N–H and O–H groups in total. The smallest absolute Gasteiger partial charge is 0.344 e. The minimum absolute atomic E-state index is 0.125. The van der Waals surface area contributed by atoms with E-state index in [-0.39, 0.29) is 24.7 Å². The molecule has 0 amide bonds. The minimum atomic E-state index is -3.67. The third-order valence-corrected chi connectivity index (χ3v) is 11.8. The highest BCUT2D eigenvalue weighted by molar-refractivity contribution is 7.97. The molecule has 7 unspecified atom stereocenters. The van der Waals surface area contributed by atoms with Gasteiger partial charge in [0.15, 0.2) is 18.5 Å². The molecular weight excluding hydrogens is 516 g/mol. The van der Waals surface area contributed by atoms with Crippen LogP contribution >= 0.6 is 0 Å². The first kappa shape index (κ1) is 23.1. The van der Waals surface area contributed by atoms with Crippen LogP contribution in [0.3, 0.4) is 0 Å². The highest BCUT2D eigenvalue weighted by Gasteiger charge is 2.67. The van der Waals surface area contributed by atoms with Crippen LogP contribution < -0.4 is 4.74 Å². The first-order valence-corrected chi connectivity index (χ1v) is 14.9. The zero-order valence-electron chi connectivity index (χ0n) is 19.4. The highest BCUT2D eigenvalue weighted by Crippen LogP contribution is 2.47.